The van der Waals surface area contributed by atoms with Crippen molar-refractivity contribution in [1.29, 1.82) is 0 Å². The Bertz CT molecular complexity index is 603. The van der Waals surface area contributed by atoms with Gasteiger partial charge in [0.1, 0.15) is 0 Å². The molecule has 6 heteroatoms. The van der Waals surface area contributed by atoms with Crippen molar-refractivity contribution in [3.05, 3.63) is 58.0 Å². The molecule has 0 aliphatic carbocycles. The lowest BCUT2D eigenvalue weighted by Gasteiger charge is -2.03. The molecule has 1 amide bonds. The Hall–Kier alpha value is -2.08. The minimum Gasteiger partial charge on any atom is -0.475 e. The number of aromatic carboxylic acids is 1. The van der Waals surface area contributed by atoms with Gasteiger partial charge < -0.3 is 14.8 Å². The van der Waals surface area contributed by atoms with Crippen LogP contribution in [0.1, 0.15) is 26.7 Å². The number of rotatable bonds is 4. The number of nitrogens with one attached hydrogen (secondary N) is 1. The van der Waals surface area contributed by atoms with Crippen LogP contribution in [0.5, 0.6) is 0 Å². The Morgan fingerprint density at radius 2 is 1.74 bits per heavy atom. The summed E-state index contributed by atoms with van der Waals surface area (Å²) in [6.45, 7) is 0.342. The fourth-order valence-electron chi connectivity index (χ4n) is 1.45. The maximum Gasteiger partial charge on any atom is 0.371 e. The number of amides is 1. The molecule has 2 aromatic rings. The third-order valence-electron chi connectivity index (χ3n) is 2.41. The molecule has 0 saturated heterocycles. The summed E-state index contributed by atoms with van der Waals surface area (Å²) in [6, 6.07) is 10.1. The highest BCUT2D eigenvalue weighted by Crippen LogP contribution is 2.11. The van der Waals surface area contributed by atoms with E-state index in [0.717, 1.165) is 10.0 Å². The van der Waals surface area contributed by atoms with Crippen LogP contribution in [0, 0.1) is 0 Å². The SMILES string of the molecule is O=C(O)c1ccc(C(=O)NCc2ccc(Br)cc2)o1. The maximum absolute atomic E-state index is 11.7. The molecule has 98 valence electrons. The summed E-state index contributed by atoms with van der Waals surface area (Å²) in [5, 5.41) is 11.3. The molecule has 1 aromatic heterocycles. The lowest BCUT2D eigenvalue weighted by Crippen LogP contribution is -2.22. The van der Waals surface area contributed by atoms with Crippen LogP contribution in [-0.2, 0) is 6.54 Å². The van der Waals surface area contributed by atoms with Crippen LogP contribution in [0.25, 0.3) is 0 Å². The average Bonchev–Trinajstić information content (AvgIpc) is 2.87. The summed E-state index contributed by atoms with van der Waals surface area (Å²) in [7, 11) is 0. The van der Waals surface area contributed by atoms with Gasteiger partial charge in [0.15, 0.2) is 5.76 Å². The first-order chi connectivity index (χ1) is 9.06. The van der Waals surface area contributed by atoms with E-state index in [9.17, 15) is 9.59 Å². The number of carbonyl (C=O) groups excluding carboxylic acids is 1. The van der Waals surface area contributed by atoms with E-state index in [2.05, 4.69) is 21.2 Å². The summed E-state index contributed by atoms with van der Waals surface area (Å²) in [5.41, 5.74) is 0.932. The smallest absolute Gasteiger partial charge is 0.371 e. The summed E-state index contributed by atoms with van der Waals surface area (Å²) in [5.74, 6) is -1.93. The number of hydrogen-bond donors (Lipinski definition) is 2. The largest absolute Gasteiger partial charge is 0.475 e. The highest BCUT2D eigenvalue weighted by molar-refractivity contribution is 9.10. The molecule has 0 saturated carbocycles. The highest BCUT2D eigenvalue weighted by atomic mass is 79.9. The van der Waals surface area contributed by atoms with Gasteiger partial charge in [0, 0.05) is 11.0 Å². The zero-order valence-electron chi connectivity index (χ0n) is 9.72. The van der Waals surface area contributed by atoms with Gasteiger partial charge in [-0.2, -0.15) is 0 Å². The number of benzene rings is 1. The van der Waals surface area contributed by atoms with Crippen LogP contribution in [0.2, 0.25) is 0 Å². The minimum absolute atomic E-state index is 0.0190. The van der Waals surface area contributed by atoms with Gasteiger partial charge >= 0.3 is 5.97 Å². The summed E-state index contributed by atoms with van der Waals surface area (Å²) < 4.78 is 5.85. The molecule has 0 aliphatic rings. The van der Waals surface area contributed by atoms with Crippen LogP contribution >= 0.6 is 15.9 Å². The van der Waals surface area contributed by atoms with Crippen molar-refractivity contribution in [3.63, 3.8) is 0 Å². The van der Waals surface area contributed by atoms with E-state index in [1.807, 2.05) is 24.3 Å². The molecule has 0 radical (unpaired) electrons. The number of carbonyl (C=O) groups is 2. The fourth-order valence-corrected chi connectivity index (χ4v) is 1.71. The molecule has 0 unspecified atom stereocenters. The molecular formula is C13H10BrNO4. The zero-order valence-corrected chi connectivity index (χ0v) is 11.3. The van der Waals surface area contributed by atoms with Gasteiger partial charge in [-0.05, 0) is 29.8 Å². The third-order valence-corrected chi connectivity index (χ3v) is 2.94. The molecule has 0 aliphatic heterocycles. The molecule has 2 N–H and O–H groups in total. The summed E-state index contributed by atoms with van der Waals surface area (Å²) in [6.07, 6.45) is 0. The van der Waals surface area contributed by atoms with Gasteiger partial charge in [-0.1, -0.05) is 28.1 Å². The second-order valence-electron chi connectivity index (χ2n) is 3.78. The molecule has 1 aromatic carbocycles. The Kier molecular flexibility index (Phi) is 4.01. The fraction of sp³-hybridized carbons (Fsp3) is 0.0769. The molecule has 2 rings (SSSR count). The minimum atomic E-state index is -1.20. The van der Waals surface area contributed by atoms with Crippen molar-refractivity contribution >= 4 is 27.8 Å². The first-order valence-corrected chi connectivity index (χ1v) is 6.21. The van der Waals surface area contributed by atoms with Gasteiger partial charge in [-0.3, -0.25) is 4.79 Å². The second-order valence-corrected chi connectivity index (χ2v) is 4.69. The summed E-state index contributed by atoms with van der Waals surface area (Å²) in [4.78, 5) is 22.3. The predicted octanol–water partition coefficient (Wildman–Crippen LogP) is 2.67. The number of carboxylic acids is 1. The summed E-state index contributed by atoms with van der Waals surface area (Å²) >= 11 is 3.32. The average molecular weight is 324 g/mol. The number of furan rings is 1. The van der Waals surface area contributed by atoms with Crippen molar-refractivity contribution in [2.24, 2.45) is 0 Å². The quantitative estimate of drug-likeness (QED) is 0.906. The number of hydrogen-bond acceptors (Lipinski definition) is 3. The van der Waals surface area contributed by atoms with Crippen LogP contribution in [0.15, 0.2) is 45.3 Å². The van der Waals surface area contributed by atoms with Crippen LogP contribution in [0.4, 0.5) is 0 Å². The molecule has 5 nitrogen and oxygen atoms in total. The monoisotopic (exact) mass is 323 g/mol. The standard InChI is InChI=1S/C13H10BrNO4/c14-9-3-1-8(2-4-9)7-15-12(16)10-5-6-11(19-10)13(17)18/h1-6H,7H2,(H,15,16)(H,17,18). The van der Waals surface area contributed by atoms with Gasteiger partial charge in [-0.25, -0.2) is 4.79 Å². The van der Waals surface area contributed by atoms with Crippen molar-refractivity contribution in [3.8, 4) is 0 Å². The lowest BCUT2D eigenvalue weighted by atomic mass is 10.2. The molecular weight excluding hydrogens is 314 g/mol. The van der Waals surface area contributed by atoms with Crippen molar-refractivity contribution < 1.29 is 19.1 Å². The van der Waals surface area contributed by atoms with E-state index in [4.69, 9.17) is 9.52 Å². The Labute approximate surface area is 117 Å². The van der Waals surface area contributed by atoms with E-state index in [1.54, 1.807) is 0 Å². The van der Waals surface area contributed by atoms with Crippen LogP contribution in [-0.4, -0.2) is 17.0 Å². The van der Waals surface area contributed by atoms with E-state index in [1.165, 1.54) is 12.1 Å². The normalized spacial score (nSPS) is 10.2. The third kappa shape index (κ3) is 3.45. The number of halogens is 1. The topological polar surface area (TPSA) is 79.5 Å². The van der Waals surface area contributed by atoms with E-state index < -0.39 is 11.9 Å². The number of carboxylic acid groups (broad SMARTS) is 1. The Morgan fingerprint density at radius 3 is 2.32 bits per heavy atom. The van der Waals surface area contributed by atoms with E-state index in [-0.39, 0.29) is 11.5 Å². The molecule has 19 heavy (non-hydrogen) atoms. The van der Waals surface area contributed by atoms with Crippen LogP contribution in [0.3, 0.4) is 0 Å². The maximum atomic E-state index is 11.7. The Balaban J connectivity index is 1.97. The molecule has 0 bridgehead atoms. The van der Waals surface area contributed by atoms with Crippen LogP contribution < -0.4 is 5.32 Å². The molecule has 0 fully saturated rings. The van der Waals surface area contributed by atoms with Gasteiger partial charge in [0.25, 0.3) is 5.91 Å². The molecule has 0 atom stereocenters. The second kappa shape index (κ2) is 5.71. The lowest BCUT2D eigenvalue weighted by molar-refractivity contribution is 0.0659. The van der Waals surface area contributed by atoms with E-state index in [0.29, 0.717) is 6.54 Å². The van der Waals surface area contributed by atoms with Crippen molar-refractivity contribution in [1.82, 2.24) is 5.32 Å². The van der Waals surface area contributed by atoms with E-state index >= 15 is 0 Å². The van der Waals surface area contributed by atoms with Crippen molar-refractivity contribution in [2.45, 2.75) is 6.54 Å². The van der Waals surface area contributed by atoms with Gasteiger partial charge in [-0.15, -0.1) is 0 Å². The Morgan fingerprint density at radius 1 is 1.11 bits per heavy atom. The highest BCUT2D eigenvalue weighted by Gasteiger charge is 2.14. The van der Waals surface area contributed by atoms with Gasteiger partial charge in [0.05, 0.1) is 0 Å². The molecule has 1 heterocycles. The predicted molar refractivity (Wildman–Crippen MR) is 71.0 cm³/mol. The first-order valence-electron chi connectivity index (χ1n) is 5.42. The first kappa shape index (κ1) is 13.4. The molecule has 0 spiro atoms. The van der Waals surface area contributed by atoms with Gasteiger partial charge in [0.2, 0.25) is 5.76 Å². The zero-order chi connectivity index (χ0) is 13.8. The van der Waals surface area contributed by atoms with Crippen molar-refractivity contribution in [2.75, 3.05) is 0 Å².